The van der Waals surface area contributed by atoms with E-state index in [-0.39, 0.29) is 0 Å². The largest absolute Gasteiger partial charge is 0.493 e. The Kier molecular flexibility index (Phi) is 4.43. The molecule has 17 heavy (non-hydrogen) atoms. The van der Waals surface area contributed by atoms with Crippen LogP contribution in [0.15, 0.2) is 24.3 Å². The lowest BCUT2D eigenvalue weighted by Gasteiger charge is -2.19. The number of nitrogens with one attached hydrogen (secondary N) is 1. The van der Waals surface area contributed by atoms with Gasteiger partial charge in [-0.25, -0.2) is 0 Å². The number of rotatable bonds is 6. The molecule has 0 radical (unpaired) electrons. The molecule has 1 aliphatic heterocycles. The van der Waals surface area contributed by atoms with E-state index in [0.717, 1.165) is 24.8 Å². The summed E-state index contributed by atoms with van der Waals surface area (Å²) in [6.07, 6.45) is 3.81. The molecule has 94 valence electrons. The van der Waals surface area contributed by atoms with Crippen LogP contribution in [0.5, 0.6) is 5.75 Å². The number of hydrogen-bond donors (Lipinski definition) is 1. The third-order valence-corrected chi connectivity index (χ3v) is 3.61. The maximum absolute atomic E-state index is 5.75. The summed E-state index contributed by atoms with van der Waals surface area (Å²) in [4.78, 5) is 0. The quantitative estimate of drug-likeness (QED) is 0.814. The van der Waals surface area contributed by atoms with Crippen molar-refractivity contribution in [2.75, 3.05) is 20.2 Å². The van der Waals surface area contributed by atoms with Gasteiger partial charge < -0.3 is 10.1 Å². The van der Waals surface area contributed by atoms with E-state index in [1.807, 2.05) is 7.05 Å². The van der Waals surface area contributed by atoms with Gasteiger partial charge in [-0.05, 0) is 38.4 Å². The summed E-state index contributed by atoms with van der Waals surface area (Å²) in [6, 6.07) is 8.48. The molecule has 0 saturated heterocycles. The maximum Gasteiger partial charge on any atom is 0.122 e. The van der Waals surface area contributed by atoms with Gasteiger partial charge in [-0.15, -0.1) is 0 Å². The average Bonchev–Trinajstić information content (AvgIpc) is 2.74. The van der Waals surface area contributed by atoms with Gasteiger partial charge in [0.2, 0.25) is 0 Å². The summed E-state index contributed by atoms with van der Waals surface area (Å²) >= 11 is 0. The Labute approximate surface area is 104 Å². The van der Waals surface area contributed by atoms with Crippen molar-refractivity contribution in [1.29, 1.82) is 0 Å². The third-order valence-electron chi connectivity index (χ3n) is 3.61. The van der Waals surface area contributed by atoms with Gasteiger partial charge >= 0.3 is 0 Å². The van der Waals surface area contributed by atoms with Crippen LogP contribution in [0.3, 0.4) is 0 Å². The lowest BCUT2D eigenvalue weighted by atomic mass is 9.88. The Hall–Kier alpha value is -1.02. The van der Waals surface area contributed by atoms with E-state index in [4.69, 9.17) is 4.74 Å². The second kappa shape index (κ2) is 6.06. The van der Waals surface area contributed by atoms with E-state index in [0.29, 0.717) is 5.92 Å². The molecule has 2 rings (SSSR count). The molecule has 1 aromatic carbocycles. The fourth-order valence-electron chi connectivity index (χ4n) is 2.83. The first kappa shape index (κ1) is 12.4. The summed E-state index contributed by atoms with van der Waals surface area (Å²) in [5, 5.41) is 3.31. The SMILES string of the molecule is CCCC(CNC)CC1COc2ccccc21. The average molecular weight is 233 g/mol. The van der Waals surface area contributed by atoms with Crippen molar-refractivity contribution in [3.8, 4) is 5.75 Å². The molecule has 0 amide bonds. The monoisotopic (exact) mass is 233 g/mol. The summed E-state index contributed by atoms with van der Waals surface area (Å²) < 4.78 is 5.75. The van der Waals surface area contributed by atoms with Crippen molar-refractivity contribution >= 4 is 0 Å². The molecule has 2 nitrogen and oxygen atoms in total. The molecule has 0 aliphatic carbocycles. The summed E-state index contributed by atoms with van der Waals surface area (Å²) in [5.41, 5.74) is 1.41. The zero-order valence-electron chi connectivity index (χ0n) is 10.9. The molecule has 1 N–H and O–H groups in total. The van der Waals surface area contributed by atoms with Crippen LogP contribution >= 0.6 is 0 Å². The second-order valence-electron chi connectivity index (χ2n) is 4.99. The zero-order valence-corrected chi connectivity index (χ0v) is 10.9. The van der Waals surface area contributed by atoms with Crippen molar-refractivity contribution in [2.45, 2.75) is 32.1 Å². The highest BCUT2D eigenvalue weighted by atomic mass is 16.5. The molecule has 0 bridgehead atoms. The van der Waals surface area contributed by atoms with Crippen molar-refractivity contribution < 1.29 is 4.74 Å². The molecule has 0 spiro atoms. The summed E-state index contributed by atoms with van der Waals surface area (Å²) in [7, 11) is 2.04. The van der Waals surface area contributed by atoms with Crippen LogP contribution in [0.25, 0.3) is 0 Å². The first-order valence-electron chi connectivity index (χ1n) is 6.71. The third kappa shape index (κ3) is 3.01. The first-order chi connectivity index (χ1) is 8.35. The standard InChI is InChI=1S/C15H23NO/c1-3-6-12(10-16-2)9-13-11-17-15-8-5-4-7-14(13)15/h4-5,7-8,12-13,16H,3,6,9-11H2,1-2H3. The van der Waals surface area contributed by atoms with Crippen molar-refractivity contribution in [3.05, 3.63) is 29.8 Å². The topological polar surface area (TPSA) is 21.3 Å². The molecule has 2 atom stereocenters. The van der Waals surface area contributed by atoms with Crippen LogP contribution in [0.1, 0.15) is 37.7 Å². The van der Waals surface area contributed by atoms with E-state index >= 15 is 0 Å². The Balaban J connectivity index is 1.99. The van der Waals surface area contributed by atoms with Crippen LogP contribution in [0, 0.1) is 5.92 Å². The lowest BCUT2D eigenvalue weighted by molar-refractivity contribution is 0.298. The van der Waals surface area contributed by atoms with Crippen LogP contribution in [0.4, 0.5) is 0 Å². The maximum atomic E-state index is 5.75. The van der Waals surface area contributed by atoms with Gasteiger partial charge in [0.25, 0.3) is 0 Å². The van der Waals surface area contributed by atoms with Crippen LogP contribution < -0.4 is 10.1 Å². The zero-order chi connectivity index (χ0) is 12.1. The molecular formula is C15H23NO. The van der Waals surface area contributed by atoms with Crippen LogP contribution in [0.2, 0.25) is 0 Å². The Morgan fingerprint density at radius 1 is 1.41 bits per heavy atom. The van der Waals surface area contributed by atoms with Gasteiger partial charge in [0.15, 0.2) is 0 Å². The normalized spacial score (nSPS) is 19.8. The molecule has 0 aromatic heterocycles. The van der Waals surface area contributed by atoms with Crippen LogP contribution in [-0.4, -0.2) is 20.2 Å². The van der Waals surface area contributed by atoms with Gasteiger partial charge in [-0.2, -0.15) is 0 Å². The lowest BCUT2D eigenvalue weighted by Crippen LogP contribution is -2.21. The van der Waals surface area contributed by atoms with Crippen LogP contribution in [-0.2, 0) is 0 Å². The number of para-hydroxylation sites is 1. The predicted molar refractivity (Wildman–Crippen MR) is 71.6 cm³/mol. The Bertz CT molecular complexity index is 345. The fraction of sp³-hybridized carbons (Fsp3) is 0.600. The highest BCUT2D eigenvalue weighted by molar-refractivity contribution is 5.39. The van der Waals surface area contributed by atoms with Gasteiger partial charge in [0.05, 0.1) is 6.61 Å². The number of fused-ring (bicyclic) bond motifs is 1. The van der Waals surface area contributed by atoms with Gasteiger partial charge in [-0.3, -0.25) is 0 Å². The molecule has 0 saturated carbocycles. The molecule has 0 fully saturated rings. The van der Waals surface area contributed by atoms with Crippen molar-refractivity contribution in [1.82, 2.24) is 5.32 Å². The molecule has 2 unspecified atom stereocenters. The fourth-order valence-corrected chi connectivity index (χ4v) is 2.83. The van der Waals surface area contributed by atoms with E-state index in [1.165, 1.54) is 24.8 Å². The van der Waals surface area contributed by atoms with E-state index in [2.05, 4.69) is 36.5 Å². The van der Waals surface area contributed by atoms with E-state index < -0.39 is 0 Å². The number of benzene rings is 1. The Morgan fingerprint density at radius 3 is 3.00 bits per heavy atom. The summed E-state index contributed by atoms with van der Waals surface area (Å²) in [6.45, 7) is 4.25. The number of hydrogen-bond acceptors (Lipinski definition) is 2. The minimum absolute atomic E-state index is 0.594. The van der Waals surface area contributed by atoms with Crippen molar-refractivity contribution in [3.63, 3.8) is 0 Å². The van der Waals surface area contributed by atoms with Gasteiger partial charge in [0, 0.05) is 11.5 Å². The minimum Gasteiger partial charge on any atom is -0.493 e. The molecule has 1 heterocycles. The summed E-state index contributed by atoms with van der Waals surface area (Å²) in [5.74, 6) is 2.46. The van der Waals surface area contributed by atoms with E-state index in [1.54, 1.807) is 0 Å². The highest BCUT2D eigenvalue weighted by Crippen LogP contribution is 2.37. The number of ether oxygens (including phenoxy) is 1. The van der Waals surface area contributed by atoms with E-state index in [9.17, 15) is 0 Å². The molecule has 2 heteroatoms. The smallest absolute Gasteiger partial charge is 0.122 e. The van der Waals surface area contributed by atoms with Gasteiger partial charge in [-0.1, -0.05) is 31.5 Å². The Morgan fingerprint density at radius 2 is 2.24 bits per heavy atom. The molecular weight excluding hydrogens is 210 g/mol. The highest BCUT2D eigenvalue weighted by Gasteiger charge is 2.25. The van der Waals surface area contributed by atoms with Crippen molar-refractivity contribution in [2.24, 2.45) is 5.92 Å². The van der Waals surface area contributed by atoms with Gasteiger partial charge in [0.1, 0.15) is 5.75 Å². The predicted octanol–water partition coefficient (Wildman–Crippen LogP) is 3.19. The minimum atomic E-state index is 0.594. The first-order valence-corrected chi connectivity index (χ1v) is 6.71. The molecule has 1 aliphatic rings. The molecule has 1 aromatic rings. The second-order valence-corrected chi connectivity index (χ2v) is 4.99.